The van der Waals surface area contributed by atoms with Crippen LogP contribution in [0.3, 0.4) is 0 Å². The predicted octanol–water partition coefficient (Wildman–Crippen LogP) is 4.68. The summed E-state index contributed by atoms with van der Waals surface area (Å²) >= 11 is 1.60. The van der Waals surface area contributed by atoms with Crippen molar-refractivity contribution < 1.29 is 17.9 Å². The smallest absolute Gasteiger partial charge is 0.405 e. The lowest BCUT2D eigenvalue weighted by molar-refractivity contribution is -0.274. The zero-order chi connectivity index (χ0) is 16.3. The van der Waals surface area contributed by atoms with Crippen molar-refractivity contribution in [1.29, 1.82) is 0 Å². The first-order chi connectivity index (χ1) is 9.53. The second kappa shape index (κ2) is 6.92. The monoisotopic (exact) mass is 321 g/mol. The molecule has 0 radical (unpaired) electrons. The summed E-state index contributed by atoms with van der Waals surface area (Å²) in [5.74, 6) is -0.129. The number of alkyl halides is 3. The number of halogens is 3. The highest BCUT2D eigenvalue weighted by molar-refractivity contribution is 7.99. The number of thioether (sulfide) groups is 1. The van der Waals surface area contributed by atoms with E-state index in [-0.39, 0.29) is 16.5 Å². The maximum Gasteiger partial charge on any atom is 0.573 e. The minimum Gasteiger partial charge on any atom is -0.405 e. The molecule has 0 aliphatic rings. The van der Waals surface area contributed by atoms with Gasteiger partial charge in [0.05, 0.1) is 5.37 Å². The van der Waals surface area contributed by atoms with Crippen molar-refractivity contribution in [2.75, 3.05) is 6.26 Å². The van der Waals surface area contributed by atoms with Crippen molar-refractivity contribution in [3.05, 3.63) is 29.3 Å². The Morgan fingerprint density at radius 1 is 1.24 bits per heavy atom. The fourth-order valence-corrected chi connectivity index (χ4v) is 1.97. The van der Waals surface area contributed by atoms with Crippen LogP contribution in [0.4, 0.5) is 13.2 Å². The molecule has 1 aromatic rings. The number of benzene rings is 1. The third-order valence-electron chi connectivity index (χ3n) is 3.09. The molecule has 2 nitrogen and oxygen atoms in total. The highest BCUT2D eigenvalue weighted by Crippen LogP contribution is 2.32. The lowest BCUT2D eigenvalue weighted by Crippen LogP contribution is -2.24. The van der Waals surface area contributed by atoms with Crippen molar-refractivity contribution in [1.82, 2.24) is 5.32 Å². The van der Waals surface area contributed by atoms with Crippen LogP contribution in [-0.4, -0.2) is 18.0 Å². The van der Waals surface area contributed by atoms with Crippen LogP contribution in [-0.2, 0) is 12.0 Å². The van der Waals surface area contributed by atoms with Gasteiger partial charge in [0, 0.05) is 12.1 Å². The maximum atomic E-state index is 12.6. The van der Waals surface area contributed by atoms with E-state index in [1.165, 1.54) is 6.07 Å². The van der Waals surface area contributed by atoms with Gasteiger partial charge >= 0.3 is 6.36 Å². The summed E-state index contributed by atoms with van der Waals surface area (Å²) in [6, 6.07) is 5.03. The Balaban J connectivity index is 3.05. The SMILES string of the molecule is CSC(C)NCc1ccc(C(C)(C)C)cc1OC(F)(F)F. The first-order valence-electron chi connectivity index (χ1n) is 6.68. The molecule has 0 heterocycles. The van der Waals surface area contributed by atoms with Gasteiger partial charge < -0.3 is 10.1 Å². The molecule has 0 fully saturated rings. The molecule has 0 aliphatic heterocycles. The van der Waals surface area contributed by atoms with Crippen LogP contribution < -0.4 is 10.1 Å². The van der Waals surface area contributed by atoms with Gasteiger partial charge in [-0.1, -0.05) is 32.9 Å². The van der Waals surface area contributed by atoms with E-state index in [9.17, 15) is 13.2 Å². The van der Waals surface area contributed by atoms with E-state index in [0.29, 0.717) is 12.1 Å². The van der Waals surface area contributed by atoms with E-state index in [1.807, 2.05) is 40.0 Å². The molecule has 0 bridgehead atoms. The van der Waals surface area contributed by atoms with Crippen LogP contribution >= 0.6 is 11.8 Å². The van der Waals surface area contributed by atoms with Gasteiger partial charge in [-0.2, -0.15) is 0 Å². The highest BCUT2D eigenvalue weighted by atomic mass is 32.2. The van der Waals surface area contributed by atoms with Gasteiger partial charge in [-0.15, -0.1) is 24.9 Å². The number of ether oxygens (including phenoxy) is 1. The summed E-state index contributed by atoms with van der Waals surface area (Å²) in [7, 11) is 0. The summed E-state index contributed by atoms with van der Waals surface area (Å²) in [4.78, 5) is 0. The van der Waals surface area contributed by atoms with E-state index in [0.717, 1.165) is 5.56 Å². The minimum absolute atomic E-state index is 0.129. The topological polar surface area (TPSA) is 21.3 Å². The Morgan fingerprint density at radius 3 is 2.33 bits per heavy atom. The number of hydrogen-bond donors (Lipinski definition) is 1. The zero-order valence-electron chi connectivity index (χ0n) is 13.0. The second-order valence-corrected chi connectivity index (χ2v) is 7.06. The Morgan fingerprint density at radius 2 is 1.86 bits per heavy atom. The Labute approximate surface area is 128 Å². The summed E-state index contributed by atoms with van der Waals surface area (Å²) < 4.78 is 41.9. The molecule has 1 rings (SSSR count). The molecule has 1 atom stereocenters. The maximum absolute atomic E-state index is 12.6. The van der Waals surface area contributed by atoms with Gasteiger partial charge in [-0.3, -0.25) is 0 Å². The fourth-order valence-electron chi connectivity index (χ4n) is 1.72. The Bertz CT molecular complexity index is 469. The molecule has 0 saturated heterocycles. The minimum atomic E-state index is -4.68. The Hall–Kier alpha value is -0.880. The molecule has 1 unspecified atom stereocenters. The first kappa shape index (κ1) is 18.2. The molecule has 1 aromatic carbocycles. The first-order valence-corrected chi connectivity index (χ1v) is 7.97. The van der Waals surface area contributed by atoms with Gasteiger partial charge in [0.1, 0.15) is 5.75 Å². The summed E-state index contributed by atoms with van der Waals surface area (Å²) in [5, 5.41) is 3.31. The van der Waals surface area contributed by atoms with Gasteiger partial charge in [0.25, 0.3) is 0 Å². The molecule has 0 aliphatic carbocycles. The standard InChI is InChI=1S/C15H22F3NOS/c1-10(21-5)19-9-11-6-7-12(14(2,3)4)8-13(11)20-15(16,17)18/h6-8,10,19H,9H2,1-5H3. The van der Waals surface area contributed by atoms with Crippen molar-refractivity contribution >= 4 is 11.8 Å². The van der Waals surface area contributed by atoms with Gasteiger partial charge in [0.2, 0.25) is 0 Å². The largest absolute Gasteiger partial charge is 0.573 e. The van der Waals surface area contributed by atoms with Crippen LogP contribution in [0.15, 0.2) is 18.2 Å². The van der Waals surface area contributed by atoms with Gasteiger partial charge in [-0.05, 0) is 30.2 Å². The summed E-state index contributed by atoms with van der Waals surface area (Å²) in [5.41, 5.74) is 1.08. The lowest BCUT2D eigenvalue weighted by atomic mass is 9.86. The second-order valence-electron chi connectivity index (χ2n) is 5.88. The van der Waals surface area contributed by atoms with Crippen LogP contribution in [0.1, 0.15) is 38.8 Å². The molecule has 1 N–H and O–H groups in total. The van der Waals surface area contributed by atoms with E-state index >= 15 is 0 Å². The Kier molecular flexibility index (Phi) is 5.99. The van der Waals surface area contributed by atoms with E-state index in [4.69, 9.17) is 0 Å². The van der Waals surface area contributed by atoms with Crippen molar-refractivity contribution in [3.8, 4) is 5.75 Å². The van der Waals surface area contributed by atoms with Crippen LogP contribution in [0.2, 0.25) is 0 Å². The van der Waals surface area contributed by atoms with Crippen molar-refractivity contribution in [2.45, 2.75) is 51.4 Å². The van der Waals surface area contributed by atoms with E-state index < -0.39 is 6.36 Å². The molecule has 0 saturated carbocycles. The molecular weight excluding hydrogens is 299 g/mol. The fraction of sp³-hybridized carbons (Fsp3) is 0.600. The van der Waals surface area contributed by atoms with E-state index in [1.54, 1.807) is 17.8 Å². The van der Waals surface area contributed by atoms with Crippen molar-refractivity contribution in [3.63, 3.8) is 0 Å². The molecule has 6 heteroatoms. The molecule has 0 aromatic heterocycles. The van der Waals surface area contributed by atoms with Crippen LogP contribution in [0.5, 0.6) is 5.75 Å². The van der Waals surface area contributed by atoms with Crippen LogP contribution in [0, 0.1) is 0 Å². The highest BCUT2D eigenvalue weighted by Gasteiger charge is 2.32. The molecule has 120 valence electrons. The van der Waals surface area contributed by atoms with E-state index in [2.05, 4.69) is 10.1 Å². The average molecular weight is 321 g/mol. The third-order valence-corrected chi connectivity index (χ3v) is 3.97. The number of rotatable bonds is 5. The average Bonchev–Trinajstić information content (AvgIpc) is 2.33. The van der Waals surface area contributed by atoms with Gasteiger partial charge in [-0.25, -0.2) is 0 Å². The summed E-state index contributed by atoms with van der Waals surface area (Å²) in [6.45, 7) is 8.14. The number of nitrogens with one attached hydrogen (secondary N) is 1. The third kappa shape index (κ3) is 6.18. The molecule has 0 amide bonds. The number of hydrogen-bond acceptors (Lipinski definition) is 3. The zero-order valence-corrected chi connectivity index (χ0v) is 13.8. The van der Waals surface area contributed by atoms with Crippen molar-refractivity contribution in [2.24, 2.45) is 0 Å². The van der Waals surface area contributed by atoms with Crippen LogP contribution in [0.25, 0.3) is 0 Å². The molecule has 0 spiro atoms. The molecule has 21 heavy (non-hydrogen) atoms. The predicted molar refractivity (Wildman–Crippen MR) is 81.6 cm³/mol. The van der Waals surface area contributed by atoms with Gasteiger partial charge in [0.15, 0.2) is 0 Å². The lowest BCUT2D eigenvalue weighted by Gasteiger charge is -2.22. The quantitative estimate of drug-likeness (QED) is 0.796. The normalized spacial score (nSPS) is 14.1. The summed E-state index contributed by atoms with van der Waals surface area (Å²) in [6.07, 6.45) is -2.75. The molecular formula is C15H22F3NOS.